The number of hydrogen-bond acceptors (Lipinski definition) is 4. The smallest absolute Gasteiger partial charge is 0.283 e. The molecule has 3 amide bonds. The number of imide groups is 1. The number of nitrogens with zero attached hydrogens (tertiary/aromatic N) is 1. The second-order valence-electron chi connectivity index (χ2n) is 7.59. The average molecular weight is 480 g/mol. The number of nitrogens with one attached hydrogen (secondary N) is 2. The van der Waals surface area contributed by atoms with Crippen molar-refractivity contribution in [2.75, 3.05) is 15.5 Å². The number of carbonyl (C=O) groups excluding carboxylic acids is 3. The Hall–Kier alpha value is -3.61. The summed E-state index contributed by atoms with van der Waals surface area (Å²) < 4.78 is 0. The van der Waals surface area contributed by atoms with Crippen LogP contribution >= 0.6 is 23.2 Å². The first kappa shape index (κ1) is 22.6. The van der Waals surface area contributed by atoms with E-state index < -0.39 is 11.8 Å². The molecule has 3 aromatic carbocycles. The molecule has 0 saturated carbocycles. The number of anilines is 3. The highest BCUT2D eigenvalue weighted by Crippen LogP contribution is 2.32. The van der Waals surface area contributed by atoms with Gasteiger partial charge in [0.15, 0.2) is 0 Å². The summed E-state index contributed by atoms with van der Waals surface area (Å²) in [5.74, 6) is -1.50. The first-order valence-electron chi connectivity index (χ1n) is 10.0. The minimum absolute atomic E-state index is 0.0461. The maximum Gasteiger partial charge on any atom is 0.283 e. The Labute approximate surface area is 200 Å². The first-order chi connectivity index (χ1) is 15.7. The predicted octanol–water partition coefficient (Wildman–Crippen LogP) is 5.64. The van der Waals surface area contributed by atoms with Crippen LogP contribution in [-0.2, 0) is 9.59 Å². The van der Waals surface area contributed by atoms with Gasteiger partial charge in [0, 0.05) is 22.0 Å². The quantitative estimate of drug-likeness (QED) is 0.463. The monoisotopic (exact) mass is 479 g/mol. The van der Waals surface area contributed by atoms with Gasteiger partial charge in [0.05, 0.1) is 5.69 Å². The molecular formula is C25H19Cl2N3O3. The third-order valence-electron chi connectivity index (χ3n) is 5.17. The van der Waals surface area contributed by atoms with Crippen LogP contribution in [0, 0.1) is 13.8 Å². The van der Waals surface area contributed by atoms with Gasteiger partial charge < -0.3 is 10.6 Å². The van der Waals surface area contributed by atoms with Crippen molar-refractivity contribution < 1.29 is 14.4 Å². The molecule has 0 radical (unpaired) electrons. The van der Waals surface area contributed by atoms with E-state index in [1.54, 1.807) is 42.5 Å². The fraction of sp³-hybridized carbons (Fsp3) is 0.0800. The first-order valence-corrected chi connectivity index (χ1v) is 10.8. The normalized spacial score (nSPS) is 13.5. The van der Waals surface area contributed by atoms with Crippen molar-refractivity contribution in [3.05, 3.63) is 99.2 Å². The van der Waals surface area contributed by atoms with Crippen LogP contribution in [0.15, 0.2) is 77.5 Å². The van der Waals surface area contributed by atoms with Crippen LogP contribution in [0.4, 0.5) is 17.1 Å². The van der Waals surface area contributed by atoms with E-state index in [0.29, 0.717) is 27.6 Å². The maximum absolute atomic E-state index is 12.9. The molecule has 2 N–H and O–H groups in total. The summed E-state index contributed by atoms with van der Waals surface area (Å²) in [5, 5.41) is 5.93. The number of halogens is 2. The van der Waals surface area contributed by atoms with Crippen molar-refractivity contribution in [1.82, 2.24) is 0 Å². The van der Waals surface area contributed by atoms with Crippen LogP contribution in [-0.4, -0.2) is 17.7 Å². The Morgan fingerprint density at radius 2 is 1.45 bits per heavy atom. The molecule has 6 nitrogen and oxygen atoms in total. The summed E-state index contributed by atoms with van der Waals surface area (Å²) in [5.41, 5.74) is 3.83. The van der Waals surface area contributed by atoms with Crippen molar-refractivity contribution in [3.8, 4) is 0 Å². The third kappa shape index (κ3) is 4.62. The van der Waals surface area contributed by atoms with Crippen LogP contribution in [0.25, 0.3) is 0 Å². The number of aryl methyl sites for hydroxylation is 2. The molecule has 8 heteroatoms. The van der Waals surface area contributed by atoms with Gasteiger partial charge in [0.2, 0.25) is 0 Å². The highest BCUT2D eigenvalue weighted by atomic mass is 35.5. The van der Waals surface area contributed by atoms with Crippen LogP contribution in [0.1, 0.15) is 21.5 Å². The van der Waals surface area contributed by atoms with Crippen LogP contribution < -0.4 is 15.5 Å². The third-order valence-corrected chi connectivity index (χ3v) is 5.92. The average Bonchev–Trinajstić information content (AvgIpc) is 3.01. The molecule has 4 rings (SSSR count). The number of benzene rings is 3. The fourth-order valence-electron chi connectivity index (χ4n) is 3.26. The van der Waals surface area contributed by atoms with Crippen molar-refractivity contribution in [1.29, 1.82) is 0 Å². The summed E-state index contributed by atoms with van der Waals surface area (Å²) in [7, 11) is 0. The van der Waals surface area contributed by atoms with E-state index in [-0.39, 0.29) is 16.6 Å². The van der Waals surface area contributed by atoms with E-state index >= 15 is 0 Å². The van der Waals surface area contributed by atoms with E-state index in [2.05, 4.69) is 10.6 Å². The molecular weight excluding hydrogens is 461 g/mol. The lowest BCUT2D eigenvalue weighted by atomic mass is 10.1. The highest BCUT2D eigenvalue weighted by Gasteiger charge is 2.39. The Morgan fingerprint density at radius 1 is 0.818 bits per heavy atom. The summed E-state index contributed by atoms with van der Waals surface area (Å²) in [6.07, 6.45) is 0. The molecule has 166 valence electrons. The van der Waals surface area contributed by atoms with Crippen molar-refractivity contribution >= 4 is 58.0 Å². The van der Waals surface area contributed by atoms with Gasteiger partial charge >= 0.3 is 0 Å². The Morgan fingerprint density at radius 3 is 2.09 bits per heavy atom. The zero-order valence-electron chi connectivity index (χ0n) is 17.8. The molecule has 0 fully saturated rings. The van der Waals surface area contributed by atoms with Crippen molar-refractivity contribution in [2.45, 2.75) is 13.8 Å². The van der Waals surface area contributed by atoms with Gasteiger partial charge in [-0.15, -0.1) is 0 Å². The van der Waals surface area contributed by atoms with E-state index in [0.717, 1.165) is 16.0 Å². The Bertz CT molecular complexity index is 1300. The second kappa shape index (κ2) is 9.10. The number of carbonyl (C=O) groups is 3. The Balaban J connectivity index is 1.48. The van der Waals surface area contributed by atoms with Crippen LogP contribution in [0.3, 0.4) is 0 Å². The largest absolute Gasteiger partial charge is 0.350 e. The van der Waals surface area contributed by atoms with Gasteiger partial charge in [0.1, 0.15) is 10.7 Å². The standard InChI is InChI=1S/C25H19Cl2N3O3/c1-14-3-8-18(9-4-14)29-23(31)16-6-10-17(11-7-16)28-22-21(27)24(32)30(25(22)33)19-12-5-15(2)20(26)13-19/h3-13,28H,1-2H3,(H,29,31). The SMILES string of the molecule is Cc1ccc(NC(=O)c2ccc(NC3=C(Cl)C(=O)N(c4ccc(C)c(Cl)c4)C3=O)cc2)cc1. The zero-order chi connectivity index (χ0) is 23.7. The van der Waals surface area contributed by atoms with Crippen molar-refractivity contribution in [3.63, 3.8) is 0 Å². The van der Waals surface area contributed by atoms with Gasteiger partial charge in [-0.1, -0.05) is 47.0 Å². The molecule has 1 heterocycles. The summed E-state index contributed by atoms with van der Waals surface area (Å²) in [6.45, 7) is 3.79. The molecule has 0 saturated heterocycles. The Kier molecular flexibility index (Phi) is 6.22. The molecule has 0 aromatic heterocycles. The summed E-state index contributed by atoms with van der Waals surface area (Å²) >= 11 is 12.3. The minimum Gasteiger partial charge on any atom is -0.350 e. The lowest BCUT2D eigenvalue weighted by Crippen LogP contribution is -2.32. The van der Waals surface area contributed by atoms with E-state index in [4.69, 9.17) is 23.2 Å². The lowest BCUT2D eigenvalue weighted by molar-refractivity contribution is -0.120. The number of rotatable bonds is 5. The van der Waals surface area contributed by atoms with E-state index in [9.17, 15) is 14.4 Å². The van der Waals surface area contributed by atoms with E-state index in [1.807, 2.05) is 38.1 Å². The summed E-state index contributed by atoms with van der Waals surface area (Å²) in [4.78, 5) is 39.0. The predicted molar refractivity (Wildman–Crippen MR) is 131 cm³/mol. The van der Waals surface area contributed by atoms with Gasteiger partial charge in [-0.05, 0) is 67.9 Å². The zero-order valence-corrected chi connectivity index (χ0v) is 19.3. The topological polar surface area (TPSA) is 78.5 Å². The van der Waals surface area contributed by atoms with Gasteiger partial charge in [-0.2, -0.15) is 0 Å². The molecule has 0 aliphatic carbocycles. The van der Waals surface area contributed by atoms with Gasteiger partial charge in [-0.25, -0.2) is 4.90 Å². The number of amides is 3. The molecule has 1 aliphatic heterocycles. The molecule has 3 aromatic rings. The molecule has 0 unspecified atom stereocenters. The lowest BCUT2D eigenvalue weighted by Gasteiger charge is -2.16. The second-order valence-corrected chi connectivity index (χ2v) is 8.38. The summed E-state index contributed by atoms with van der Waals surface area (Å²) in [6, 6.07) is 18.8. The van der Waals surface area contributed by atoms with Crippen LogP contribution in [0.2, 0.25) is 5.02 Å². The highest BCUT2D eigenvalue weighted by molar-refractivity contribution is 6.53. The maximum atomic E-state index is 12.9. The van der Waals surface area contributed by atoms with E-state index in [1.165, 1.54) is 0 Å². The molecule has 0 bridgehead atoms. The van der Waals surface area contributed by atoms with Crippen LogP contribution in [0.5, 0.6) is 0 Å². The van der Waals surface area contributed by atoms with Crippen molar-refractivity contribution in [2.24, 2.45) is 0 Å². The van der Waals surface area contributed by atoms with Gasteiger partial charge in [-0.3, -0.25) is 14.4 Å². The minimum atomic E-state index is -0.641. The molecule has 0 spiro atoms. The molecule has 0 atom stereocenters. The van der Waals surface area contributed by atoms with Gasteiger partial charge in [0.25, 0.3) is 17.7 Å². The molecule has 1 aliphatic rings. The fourth-order valence-corrected chi connectivity index (χ4v) is 3.64. The molecule has 33 heavy (non-hydrogen) atoms. The number of hydrogen-bond donors (Lipinski definition) is 2.